The van der Waals surface area contributed by atoms with Crippen molar-refractivity contribution in [2.45, 2.75) is 23.1 Å². The van der Waals surface area contributed by atoms with E-state index in [4.69, 9.17) is 15.9 Å². The average molecular weight is 356 g/mol. The summed E-state index contributed by atoms with van der Waals surface area (Å²) in [5.74, 6) is -0.0261. The van der Waals surface area contributed by atoms with Crippen molar-refractivity contribution in [1.82, 2.24) is 0 Å². The van der Waals surface area contributed by atoms with Gasteiger partial charge in [0.2, 0.25) is 0 Å². The van der Waals surface area contributed by atoms with Gasteiger partial charge in [-0.2, -0.15) is 8.42 Å². The molecule has 0 unspecified atom stereocenters. The quantitative estimate of drug-likeness (QED) is 0.801. The molecule has 3 rings (SSSR count). The summed E-state index contributed by atoms with van der Waals surface area (Å²) in [7, 11) is -3.64. The summed E-state index contributed by atoms with van der Waals surface area (Å²) in [6.45, 7) is 1.80. The van der Waals surface area contributed by atoms with Crippen LogP contribution in [0.1, 0.15) is 13.3 Å². The van der Waals surface area contributed by atoms with Crippen LogP contribution in [0.2, 0.25) is 5.02 Å². The minimum absolute atomic E-state index is 0.0261. The Balaban J connectivity index is 2.09. The minimum atomic E-state index is -3.64. The number of para-hydroxylation sites is 1. The Morgan fingerprint density at radius 2 is 1.86 bits per heavy atom. The van der Waals surface area contributed by atoms with E-state index in [0.717, 1.165) is 9.79 Å². The Morgan fingerprint density at radius 1 is 1.14 bits per heavy atom. The van der Waals surface area contributed by atoms with Gasteiger partial charge in [0, 0.05) is 14.8 Å². The maximum absolute atomic E-state index is 12.1. The molecule has 0 aliphatic carbocycles. The molecule has 0 fully saturated rings. The monoisotopic (exact) mass is 355 g/mol. The summed E-state index contributed by atoms with van der Waals surface area (Å²) in [4.78, 5) is 1.78. The number of hydrogen-bond donors (Lipinski definition) is 0. The molecule has 0 amide bonds. The fraction of sp³-hybridized carbons (Fsp3) is 0.200. The van der Waals surface area contributed by atoms with Gasteiger partial charge in [0.1, 0.15) is 0 Å². The molecule has 0 saturated heterocycles. The fourth-order valence-corrected chi connectivity index (χ4v) is 4.46. The second-order valence-electron chi connectivity index (χ2n) is 4.81. The molecule has 2 aromatic carbocycles. The van der Waals surface area contributed by atoms with Crippen LogP contribution in [-0.4, -0.2) is 14.2 Å². The van der Waals surface area contributed by atoms with E-state index in [1.807, 2.05) is 24.3 Å². The minimum Gasteiger partial charge on any atom is -0.202 e. The molecule has 1 aliphatic rings. The first-order valence-corrected chi connectivity index (χ1v) is 9.56. The van der Waals surface area contributed by atoms with Gasteiger partial charge in [-0.1, -0.05) is 42.4 Å². The van der Waals surface area contributed by atoms with E-state index in [0.29, 0.717) is 22.8 Å². The van der Waals surface area contributed by atoms with E-state index in [-0.39, 0.29) is 5.75 Å². The molecule has 1 heterocycles. The highest BCUT2D eigenvalue weighted by Crippen LogP contribution is 2.49. The highest BCUT2D eigenvalue weighted by Gasteiger charge is 2.28. The largest absolute Gasteiger partial charge is 0.288 e. The number of hydrogen-bond acceptors (Lipinski definition) is 5. The van der Waals surface area contributed by atoms with Crippen molar-refractivity contribution in [2.75, 3.05) is 10.8 Å². The molecule has 116 valence electrons. The zero-order valence-electron chi connectivity index (χ0n) is 11.8. The third-order valence-corrected chi connectivity index (χ3v) is 5.72. The lowest BCUT2D eigenvalue weighted by Gasteiger charge is -2.30. The highest BCUT2D eigenvalue weighted by atomic mass is 35.5. The zero-order valence-corrected chi connectivity index (χ0v) is 14.2. The molecule has 0 bridgehead atoms. The van der Waals surface area contributed by atoms with Crippen LogP contribution in [0.5, 0.6) is 0 Å². The van der Waals surface area contributed by atoms with Crippen molar-refractivity contribution >= 4 is 44.9 Å². The lowest BCUT2D eigenvalue weighted by Crippen LogP contribution is -2.26. The lowest BCUT2D eigenvalue weighted by atomic mass is 10.2. The summed E-state index contributed by atoms with van der Waals surface area (Å²) in [5, 5.41) is 1.98. The number of nitrogens with zero attached hydrogens (tertiary/aromatic N) is 1. The predicted molar refractivity (Wildman–Crippen MR) is 89.3 cm³/mol. The van der Waals surface area contributed by atoms with Gasteiger partial charge in [0.15, 0.2) is 0 Å². The summed E-state index contributed by atoms with van der Waals surface area (Å²) < 4.78 is 29.5. The molecule has 1 aliphatic heterocycles. The van der Waals surface area contributed by atoms with Gasteiger partial charge in [0.25, 0.3) is 10.1 Å². The third kappa shape index (κ3) is 3.10. The Bertz CT molecular complexity index is 808. The van der Waals surface area contributed by atoms with Crippen molar-refractivity contribution in [3.8, 4) is 0 Å². The van der Waals surface area contributed by atoms with Crippen molar-refractivity contribution in [2.24, 2.45) is 0 Å². The van der Waals surface area contributed by atoms with Crippen LogP contribution in [0.15, 0.2) is 52.3 Å². The number of rotatable bonds is 4. The summed E-state index contributed by atoms with van der Waals surface area (Å²) in [5.41, 5.74) is 1.38. The molecule has 0 N–H and O–H groups in total. The predicted octanol–water partition coefficient (Wildman–Crippen LogP) is 4.61. The molecule has 0 radical (unpaired) electrons. The molecule has 0 aromatic heterocycles. The Labute approximate surface area is 139 Å². The second kappa shape index (κ2) is 6.12. The van der Waals surface area contributed by atoms with Crippen molar-refractivity contribution in [3.63, 3.8) is 0 Å². The van der Waals surface area contributed by atoms with Crippen LogP contribution in [-0.2, 0) is 14.4 Å². The SMILES string of the molecule is CCCS(=O)(=O)ON1c2ccccc2Sc2cc(Cl)ccc21. The Kier molecular flexibility index (Phi) is 4.36. The van der Waals surface area contributed by atoms with E-state index in [9.17, 15) is 8.42 Å². The smallest absolute Gasteiger partial charge is 0.202 e. The van der Waals surface area contributed by atoms with Crippen molar-refractivity contribution in [3.05, 3.63) is 47.5 Å². The maximum Gasteiger partial charge on any atom is 0.288 e. The Morgan fingerprint density at radius 3 is 2.64 bits per heavy atom. The normalized spacial score (nSPS) is 13.6. The molecule has 4 nitrogen and oxygen atoms in total. The molecular weight excluding hydrogens is 342 g/mol. The molecule has 0 atom stereocenters. The lowest BCUT2D eigenvalue weighted by molar-refractivity contribution is 0.319. The van der Waals surface area contributed by atoms with Gasteiger partial charge in [-0.15, -0.1) is 4.28 Å². The zero-order chi connectivity index (χ0) is 15.7. The number of anilines is 2. The molecule has 2 aromatic rings. The van der Waals surface area contributed by atoms with Gasteiger partial charge in [0.05, 0.1) is 17.1 Å². The summed E-state index contributed by atoms with van der Waals surface area (Å²) >= 11 is 7.58. The topological polar surface area (TPSA) is 46.6 Å². The molecule has 0 saturated carbocycles. The molecular formula is C15H14ClNO3S2. The standard InChI is InChI=1S/C15H14ClNO3S2/c1-2-9-22(18,19)20-17-12-5-3-4-6-14(12)21-15-10-11(16)7-8-13(15)17/h3-8,10H,2,9H2,1H3. The first kappa shape index (κ1) is 15.7. The average Bonchev–Trinajstić information content (AvgIpc) is 2.46. The number of halogens is 1. The molecule has 7 heteroatoms. The van der Waals surface area contributed by atoms with Gasteiger partial charge in [-0.25, -0.2) is 5.06 Å². The van der Waals surface area contributed by atoms with Crippen LogP contribution in [0, 0.1) is 0 Å². The Hall–Kier alpha value is -1.21. The van der Waals surface area contributed by atoms with Crippen LogP contribution in [0.25, 0.3) is 0 Å². The van der Waals surface area contributed by atoms with E-state index in [1.54, 1.807) is 25.1 Å². The van der Waals surface area contributed by atoms with Crippen molar-refractivity contribution in [1.29, 1.82) is 0 Å². The van der Waals surface area contributed by atoms with Gasteiger partial charge < -0.3 is 0 Å². The van der Waals surface area contributed by atoms with Crippen LogP contribution in [0.3, 0.4) is 0 Å². The van der Waals surface area contributed by atoms with Crippen LogP contribution in [0.4, 0.5) is 11.4 Å². The van der Waals surface area contributed by atoms with Crippen LogP contribution >= 0.6 is 23.4 Å². The van der Waals surface area contributed by atoms with E-state index < -0.39 is 10.1 Å². The second-order valence-corrected chi connectivity index (χ2v) is 8.01. The number of benzene rings is 2. The van der Waals surface area contributed by atoms with Gasteiger partial charge >= 0.3 is 0 Å². The molecule has 0 spiro atoms. The van der Waals surface area contributed by atoms with E-state index in [2.05, 4.69) is 0 Å². The maximum atomic E-state index is 12.1. The van der Waals surface area contributed by atoms with Crippen molar-refractivity contribution < 1.29 is 12.7 Å². The summed E-state index contributed by atoms with van der Waals surface area (Å²) in [6.07, 6.45) is 0.500. The van der Waals surface area contributed by atoms with E-state index in [1.165, 1.54) is 16.8 Å². The van der Waals surface area contributed by atoms with Gasteiger partial charge in [-0.05, 0) is 36.8 Å². The number of fused-ring (bicyclic) bond motifs is 2. The highest BCUT2D eigenvalue weighted by molar-refractivity contribution is 7.99. The van der Waals surface area contributed by atoms with E-state index >= 15 is 0 Å². The first-order chi connectivity index (χ1) is 10.5. The third-order valence-electron chi connectivity index (χ3n) is 3.09. The molecule has 22 heavy (non-hydrogen) atoms. The summed E-state index contributed by atoms with van der Waals surface area (Å²) in [6, 6.07) is 12.8. The fourth-order valence-electron chi connectivity index (χ4n) is 2.18. The first-order valence-electron chi connectivity index (χ1n) is 6.79. The van der Waals surface area contributed by atoms with Gasteiger partial charge in [-0.3, -0.25) is 0 Å². The van der Waals surface area contributed by atoms with Crippen LogP contribution < -0.4 is 5.06 Å².